The first kappa shape index (κ1) is 9.98. The molecule has 76 valence electrons. The largest absolute Gasteiger partial charge is 0.417 e. The molecule has 0 unspecified atom stereocenters. The van der Waals surface area contributed by atoms with Gasteiger partial charge in [0.1, 0.15) is 0 Å². The van der Waals surface area contributed by atoms with Gasteiger partial charge in [0.15, 0.2) is 0 Å². The van der Waals surface area contributed by atoms with Crippen LogP contribution in [-0.4, -0.2) is 0 Å². The number of benzene rings is 1. The van der Waals surface area contributed by atoms with Crippen molar-refractivity contribution in [3.8, 4) is 0 Å². The van der Waals surface area contributed by atoms with Gasteiger partial charge in [-0.25, -0.2) is 0 Å². The second-order valence-electron chi connectivity index (χ2n) is 3.20. The number of halogens is 4. The molecule has 0 spiro atoms. The fourth-order valence-electron chi connectivity index (χ4n) is 1.54. The third-order valence-electron chi connectivity index (χ3n) is 2.23. The van der Waals surface area contributed by atoms with Gasteiger partial charge in [-0.2, -0.15) is 13.2 Å². The van der Waals surface area contributed by atoms with Crippen LogP contribution in [-0.2, 0) is 19.3 Å². The predicted molar refractivity (Wildman–Crippen MR) is 49.7 cm³/mol. The molecule has 0 radical (unpaired) electrons. The van der Waals surface area contributed by atoms with Crippen molar-refractivity contribution in [3.05, 3.63) is 33.3 Å². The maximum atomic E-state index is 12.5. The van der Waals surface area contributed by atoms with Crippen molar-refractivity contribution in [2.45, 2.75) is 19.3 Å². The van der Waals surface area contributed by atoms with E-state index >= 15 is 0 Å². The van der Waals surface area contributed by atoms with Crippen molar-refractivity contribution in [2.75, 3.05) is 0 Å². The molecular weight excluding hydrogens is 259 g/mol. The van der Waals surface area contributed by atoms with Gasteiger partial charge in [0.2, 0.25) is 0 Å². The number of alkyl halides is 3. The van der Waals surface area contributed by atoms with E-state index in [0.717, 1.165) is 11.1 Å². The van der Waals surface area contributed by atoms with Crippen LogP contribution in [0.3, 0.4) is 0 Å². The molecule has 0 atom stereocenters. The van der Waals surface area contributed by atoms with Crippen molar-refractivity contribution in [2.24, 2.45) is 0 Å². The molecule has 1 N–H and O–H groups in total. The molecule has 0 saturated carbocycles. The highest BCUT2D eigenvalue weighted by molar-refractivity contribution is 9.10. The Morgan fingerprint density at radius 1 is 1.14 bits per heavy atom. The first-order valence-electron chi connectivity index (χ1n) is 4.07. The normalized spacial score (nSPS) is 15.7. The summed E-state index contributed by atoms with van der Waals surface area (Å²) in [5.74, 6) is 0. The molecule has 0 saturated heterocycles. The minimum absolute atomic E-state index is 0.118. The lowest BCUT2D eigenvalue weighted by atomic mass is 10.1. The monoisotopic (exact) mass is 265 g/mol. The summed E-state index contributed by atoms with van der Waals surface area (Å²) in [5.41, 5.74) is 1.07. The molecule has 1 aliphatic rings. The van der Waals surface area contributed by atoms with Crippen LogP contribution < -0.4 is 5.32 Å². The highest BCUT2D eigenvalue weighted by atomic mass is 79.9. The van der Waals surface area contributed by atoms with Crippen molar-refractivity contribution in [1.29, 1.82) is 0 Å². The SMILES string of the molecule is FC(F)(F)c1cc2c(cc1Br)CNC2. The van der Waals surface area contributed by atoms with E-state index in [1.807, 2.05) is 0 Å². The summed E-state index contributed by atoms with van der Waals surface area (Å²) >= 11 is 2.94. The Labute approximate surface area is 87.4 Å². The lowest BCUT2D eigenvalue weighted by molar-refractivity contribution is -0.138. The Hall–Kier alpha value is -0.550. The second kappa shape index (κ2) is 3.24. The molecule has 1 aromatic carbocycles. The number of rotatable bonds is 0. The Morgan fingerprint density at radius 2 is 1.71 bits per heavy atom. The number of nitrogens with one attached hydrogen (secondary N) is 1. The lowest BCUT2D eigenvalue weighted by Crippen LogP contribution is -2.07. The topological polar surface area (TPSA) is 12.0 Å². The minimum atomic E-state index is -4.28. The molecule has 0 fully saturated rings. The van der Waals surface area contributed by atoms with E-state index in [2.05, 4.69) is 21.2 Å². The van der Waals surface area contributed by atoms with E-state index < -0.39 is 11.7 Å². The van der Waals surface area contributed by atoms with E-state index in [-0.39, 0.29) is 4.47 Å². The molecular formula is C9H7BrF3N. The summed E-state index contributed by atoms with van der Waals surface area (Å²) < 4.78 is 37.5. The third-order valence-corrected chi connectivity index (χ3v) is 2.88. The molecule has 1 heterocycles. The van der Waals surface area contributed by atoms with E-state index in [4.69, 9.17) is 0 Å². The van der Waals surface area contributed by atoms with Gasteiger partial charge in [-0.05, 0) is 23.3 Å². The predicted octanol–water partition coefficient (Wildman–Crippen LogP) is 3.07. The average Bonchev–Trinajstić information content (AvgIpc) is 2.47. The molecule has 14 heavy (non-hydrogen) atoms. The zero-order valence-corrected chi connectivity index (χ0v) is 8.67. The molecule has 1 aromatic rings. The average molecular weight is 266 g/mol. The summed E-state index contributed by atoms with van der Waals surface area (Å²) in [6.45, 7) is 1.16. The maximum absolute atomic E-state index is 12.5. The smallest absolute Gasteiger partial charge is 0.309 e. The Bertz CT molecular complexity index is 373. The van der Waals surface area contributed by atoms with Gasteiger partial charge >= 0.3 is 6.18 Å². The Balaban J connectivity index is 2.53. The third kappa shape index (κ3) is 1.66. The maximum Gasteiger partial charge on any atom is 0.417 e. The van der Waals surface area contributed by atoms with E-state index in [1.165, 1.54) is 12.1 Å². The fraction of sp³-hybridized carbons (Fsp3) is 0.333. The van der Waals surface area contributed by atoms with Gasteiger partial charge in [-0.15, -0.1) is 0 Å². The lowest BCUT2D eigenvalue weighted by Gasteiger charge is -2.10. The molecule has 1 nitrogen and oxygen atoms in total. The zero-order chi connectivity index (χ0) is 10.3. The van der Waals surface area contributed by atoms with Crippen LogP contribution in [0, 0.1) is 0 Å². The van der Waals surface area contributed by atoms with Gasteiger partial charge in [-0.3, -0.25) is 0 Å². The van der Waals surface area contributed by atoms with E-state index in [1.54, 1.807) is 0 Å². The minimum Gasteiger partial charge on any atom is -0.309 e. The van der Waals surface area contributed by atoms with Crippen LogP contribution in [0.4, 0.5) is 13.2 Å². The quantitative estimate of drug-likeness (QED) is 0.760. The van der Waals surface area contributed by atoms with Crippen molar-refractivity contribution >= 4 is 15.9 Å². The summed E-state index contributed by atoms with van der Waals surface area (Å²) in [5, 5.41) is 3.01. The Morgan fingerprint density at radius 3 is 2.29 bits per heavy atom. The van der Waals surface area contributed by atoms with Gasteiger partial charge in [0.05, 0.1) is 5.56 Å². The van der Waals surface area contributed by atoms with Gasteiger partial charge in [0.25, 0.3) is 0 Å². The van der Waals surface area contributed by atoms with Gasteiger partial charge in [-0.1, -0.05) is 15.9 Å². The summed E-state index contributed by atoms with van der Waals surface area (Å²) in [6, 6.07) is 2.75. The van der Waals surface area contributed by atoms with Crippen molar-refractivity contribution in [3.63, 3.8) is 0 Å². The standard InChI is InChI=1S/C9H7BrF3N/c10-8-2-6-4-14-3-5(6)1-7(8)9(11,12)13/h1-2,14H,3-4H2. The first-order chi connectivity index (χ1) is 6.48. The highest BCUT2D eigenvalue weighted by Gasteiger charge is 2.34. The van der Waals surface area contributed by atoms with Crippen LogP contribution in [0.5, 0.6) is 0 Å². The van der Waals surface area contributed by atoms with Gasteiger partial charge < -0.3 is 5.32 Å². The number of hydrogen-bond acceptors (Lipinski definition) is 1. The summed E-state index contributed by atoms with van der Waals surface area (Å²) in [7, 11) is 0. The number of fused-ring (bicyclic) bond motifs is 1. The molecule has 2 rings (SSSR count). The van der Waals surface area contributed by atoms with Crippen molar-refractivity contribution < 1.29 is 13.2 Å². The van der Waals surface area contributed by atoms with E-state index in [9.17, 15) is 13.2 Å². The number of hydrogen-bond donors (Lipinski definition) is 1. The molecule has 1 aliphatic heterocycles. The van der Waals surface area contributed by atoms with Crippen LogP contribution in [0.1, 0.15) is 16.7 Å². The highest BCUT2D eigenvalue weighted by Crippen LogP contribution is 2.37. The molecule has 0 aromatic heterocycles. The fourth-order valence-corrected chi connectivity index (χ4v) is 2.15. The Kier molecular flexibility index (Phi) is 2.31. The van der Waals surface area contributed by atoms with Crippen LogP contribution in [0.2, 0.25) is 0 Å². The summed E-state index contributed by atoms with van der Waals surface area (Å²) in [6.07, 6.45) is -4.28. The van der Waals surface area contributed by atoms with Crippen molar-refractivity contribution in [1.82, 2.24) is 5.32 Å². The van der Waals surface area contributed by atoms with Crippen LogP contribution in [0.15, 0.2) is 16.6 Å². The van der Waals surface area contributed by atoms with E-state index in [0.29, 0.717) is 13.1 Å². The van der Waals surface area contributed by atoms with Gasteiger partial charge in [0, 0.05) is 17.6 Å². The molecule has 0 bridgehead atoms. The molecule has 0 amide bonds. The van der Waals surface area contributed by atoms with Crippen LogP contribution in [0.25, 0.3) is 0 Å². The molecule has 0 aliphatic carbocycles. The summed E-state index contributed by atoms with van der Waals surface area (Å²) in [4.78, 5) is 0. The second-order valence-corrected chi connectivity index (χ2v) is 4.06. The molecule has 5 heteroatoms. The zero-order valence-electron chi connectivity index (χ0n) is 7.08. The van der Waals surface area contributed by atoms with Crippen LogP contribution >= 0.6 is 15.9 Å². The first-order valence-corrected chi connectivity index (χ1v) is 4.87.